The van der Waals surface area contributed by atoms with Crippen LogP contribution in [0.25, 0.3) is 0 Å². The molecule has 0 fully saturated rings. The first-order chi connectivity index (χ1) is 5.46. The predicted molar refractivity (Wildman–Crippen MR) is 66.9 cm³/mol. The van der Waals surface area contributed by atoms with Gasteiger partial charge in [0.2, 0.25) is 0 Å². The van der Waals surface area contributed by atoms with E-state index in [0.717, 1.165) is 21.9 Å². The fraction of sp³-hybridized carbons (Fsp3) is 0.400. The molecule has 1 aromatic carbocycles. The molecule has 1 nitrogen and oxygen atoms in total. The molecule has 15 heavy (non-hydrogen) atoms. The summed E-state index contributed by atoms with van der Waals surface area (Å²) in [6.45, 7) is 7.93. The number of hydrogen-bond donors (Lipinski definition) is 1. The Morgan fingerprint density at radius 1 is 0.800 bits per heavy atom. The number of phenolic OH excluding ortho intramolecular Hbond substituents is 1. The maximum Gasteiger partial charge on any atom is 0.121 e. The standard InChI is InChI=1S/C10H13OSi.2ClH.Ti/c1-5-6(2)9(11)8(4)10(12)7(5)3;;;/h11H,1-4H3;2*1H;. The zero-order chi connectivity index (χ0) is 9.46. The van der Waals surface area contributed by atoms with Crippen LogP contribution in [0.3, 0.4) is 0 Å². The summed E-state index contributed by atoms with van der Waals surface area (Å²) in [4.78, 5) is 0. The minimum atomic E-state index is 0. The quantitative estimate of drug-likeness (QED) is 0.729. The molecule has 0 heterocycles. The van der Waals surface area contributed by atoms with E-state index >= 15 is 0 Å². The maximum absolute atomic E-state index is 9.66. The molecule has 3 radical (unpaired) electrons. The SMILES string of the molecule is Cc1c(C)c(O)c(C)c([Si])c1C.Cl.Cl.[Ti]. The van der Waals surface area contributed by atoms with Crippen molar-refractivity contribution >= 4 is 40.2 Å². The second-order valence-electron chi connectivity index (χ2n) is 3.22. The van der Waals surface area contributed by atoms with Gasteiger partial charge < -0.3 is 5.11 Å². The van der Waals surface area contributed by atoms with Crippen molar-refractivity contribution in [1.29, 1.82) is 0 Å². The molecule has 0 aromatic heterocycles. The molecule has 0 aliphatic heterocycles. The molecule has 1 aromatic rings. The summed E-state index contributed by atoms with van der Waals surface area (Å²) >= 11 is 0. The van der Waals surface area contributed by atoms with Crippen LogP contribution in [0.4, 0.5) is 0 Å². The van der Waals surface area contributed by atoms with Gasteiger partial charge in [0.25, 0.3) is 0 Å². The fourth-order valence-corrected chi connectivity index (χ4v) is 1.63. The Bertz CT molecular complexity index is 238. The first-order valence-electron chi connectivity index (χ1n) is 3.97. The van der Waals surface area contributed by atoms with Crippen LogP contribution in [-0.2, 0) is 21.7 Å². The number of phenols is 1. The molecule has 0 saturated carbocycles. The smallest absolute Gasteiger partial charge is 0.121 e. The Balaban J connectivity index is -0.000000480. The van der Waals surface area contributed by atoms with E-state index in [4.69, 9.17) is 0 Å². The molecule has 1 N–H and O–H groups in total. The Labute approximate surface area is 122 Å². The number of benzene rings is 1. The van der Waals surface area contributed by atoms with Crippen molar-refractivity contribution in [2.24, 2.45) is 0 Å². The molecular weight excluding hydrogens is 283 g/mol. The maximum atomic E-state index is 9.66. The van der Waals surface area contributed by atoms with Crippen LogP contribution in [-0.4, -0.2) is 15.3 Å². The Morgan fingerprint density at radius 3 is 1.60 bits per heavy atom. The van der Waals surface area contributed by atoms with Crippen molar-refractivity contribution in [3.05, 3.63) is 22.3 Å². The van der Waals surface area contributed by atoms with Crippen LogP contribution in [0, 0.1) is 27.7 Å². The van der Waals surface area contributed by atoms with Crippen LogP contribution < -0.4 is 5.19 Å². The van der Waals surface area contributed by atoms with Crippen LogP contribution in [0.15, 0.2) is 0 Å². The van der Waals surface area contributed by atoms with Crippen molar-refractivity contribution < 1.29 is 26.8 Å². The third kappa shape index (κ3) is 3.79. The molecule has 0 aliphatic rings. The van der Waals surface area contributed by atoms with Gasteiger partial charge in [-0.05, 0) is 49.9 Å². The van der Waals surface area contributed by atoms with Crippen LogP contribution in [0.2, 0.25) is 0 Å². The molecule has 1 rings (SSSR count). The Kier molecular flexibility index (Phi) is 10.8. The third-order valence-electron chi connectivity index (χ3n) is 2.59. The van der Waals surface area contributed by atoms with Crippen LogP contribution in [0.1, 0.15) is 22.3 Å². The molecular formula is C10H15Cl2OSiTi. The molecule has 0 saturated heterocycles. The van der Waals surface area contributed by atoms with Gasteiger partial charge in [0.1, 0.15) is 5.75 Å². The molecule has 0 spiro atoms. The molecule has 0 amide bonds. The van der Waals surface area contributed by atoms with Gasteiger partial charge in [-0.1, -0.05) is 5.19 Å². The summed E-state index contributed by atoms with van der Waals surface area (Å²) in [5.74, 6) is 0.406. The van der Waals surface area contributed by atoms with E-state index in [-0.39, 0.29) is 46.5 Å². The normalized spacial score (nSPS) is 8.33. The summed E-state index contributed by atoms with van der Waals surface area (Å²) < 4.78 is 0. The van der Waals surface area contributed by atoms with Gasteiger partial charge in [-0.15, -0.1) is 24.8 Å². The largest absolute Gasteiger partial charge is 0.507 e. The van der Waals surface area contributed by atoms with Gasteiger partial charge in [-0.25, -0.2) is 0 Å². The van der Waals surface area contributed by atoms with E-state index in [1.807, 2.05) is 20.8 Å². The number of halogens is 2. The van der Waals surface area contributed by atoms with Crippen molar-refractivity contribution in [2.45, 2.75) is 27.7 Å². The van der Waals surface area contributed by atoms with E-state index < -0.39 is 0 Å². The van der Waals surface area contributed by atoms with Gasteiger partial charge in [0.15, 0.2) is 0 Å². The van der Waals surface area contributed by atoms with Gasteiger partial charge >= 0.3 is 0 Å². The summed E-state index contributed by atoms with van der Waals surface area (Å²) in [5, 5.41) is 10.7. The van der Waals surface area contributed by atoms with Gasteiger partial charge in [-0.2, -0.15) is 0 Å². The third-order valence-corrected chi connectivity index (χ3v) is 3.34. The minimum Gasteiger partial charge on any atom is -0.507 e. The van der Waals surface area contributed by atoms with E-state index in [1.165, 1.54) is 5.56 Å². The molecule has 0 aliphatic carbocycles. The van der Waals surface area contributed by atoms with Crippen molar-refractivity contribution in [3.63, 3.8) is 0 Å². The first-order valence-corrected chi connectivity index (χ1v) is 4.47. The fourth-order valence-electron chi connectivity index (χ4n) is 1.33. The molecule has 0 bridgehead atoms. The summed E-state index contributed by atoms with van der Waals surface area (Å²) in [7, 11) is 3.51. The molecule has 83 valence electrons. The summed E-state index contributed by atoms with van der Waals surface area (Å²) in [6, 6.07) is 0. The summed E-state index contributed by atoms with van der Waals surface area (Å²) in [6.07, 6.45) is 0. The molecule has 0 atom stereocenters. The van der Waals surface area contributed by atoms with Crippen molar-refractivity contribution in [3.8, 4) is 5.75 Å². The van der Waals surface area contributed by atoms with Gasteiger partial charge in [-0.3, -0.25) is 0 Å². The van der Waals surface area contributed by atoms with E-state index in [0.29, 0.717) is 5.75 Å². The molecule has 5 heteroatoms. The minimum absolute atomic E-state index is 0. The first kappa shape index (κ1) is 20.9. The van der Waals surface area contributed by atoms with Crippen LogP contribution in [0.5, 0.6) is 5.75 Å². The Morgan fingerprint density at radius 2 is 1.20 bits per heavy atom. The topological polar surface area (TPSA) is 20.2 Å². The van der Waals surface area contributed by atoms with Crippen molar-refractivity contribution in [2.75, 3.05) is 0 Å². The zero-order valence-corrected chi connectivity index (χ0v) is 13.5. The second-order valence-corrected chi connectivity index (χ2v) is 3.72. The van der Waals surface area contributed by atoms with Crippen molar-refractivity contribution in [1.82, 2.24) is 0 Å². The van der Waals surface area contributed by atoms with Gasteiger partial charge in [0.05, 0.1) is 10.2 Å². The summed E-state index contributed by atoms with van der Waals surface area (Å²) in [5.41, 5.74) is 4.27. The van der Waals surface area contributed by atoms with E-state index in [9.17, 15) is 5.11 Å². The number of rotatable bonds is 0. The van der Waals surface area contributed by atoms with E-state index in [1.54, 1.807) is 0 Å². The monoisotopic (exact) mass is 297 g/mol. The zero-order valence-electron chi connectivity index (χ0n) is 9.26. The average molecular weight is 298 g/mol. The van der Waals surface area contributed by atoms with E-state index in [2.05, 4.69) is 17.2 Å². The number of hydrogen-bond acceptors (Lipinski definition) is 1. The Hall–Kier alpha value is 0.531. The van der Waals surface area contributed by atoms with Crippen LogP contribution >= 0.6 is 24.8 Å². The molecule has 0 unspecified atom stereocenters. The average Bonchev–Trinajstić information content (AvgIpc) is 2.08. The number of aromatic hydroxyl groups is 1. The second kappa shape index (κ2) is 7.75. The predicted octanol–water partition coefficient (Wildman–Crippen LogP) is 2.26. The van der Waals surface area contributed by atoms with Gasteiger partial charge in [0, 0.05) is 21.7 Å².